The maximum atomic E-state index is 14.4. The molecule has 4 aromatic rings. The average Bonchev–Trinajstić information content (AvgIpc) is 3.20. The standard InChI is InChI=1S/C15H9FN8O/c1-18-11-6-19-8(5-20-11)7-24-13-9(16)3-2-4-10(13)21-15(24)12-14(17)23-25-22-12/h2-6H,7H2,(H2,17,23). The lowest BCUT2D eigenvalue weighted by Gasteiger charge is -2.07. The molecule has 1 aromatic carbocycles. The number of aromatic nitrogens is 6. The van der Waals surface area contributed by atoms with Crippen LogP contribution in [0.5, 0.6) is 0 Å². The predicted octanol–water partition coefficient (Wildman–Crippen LogP) is 2.20. The van der Waals surface area contributed by atoms with Crippen molar-refractivity contribution in [1.29, 1.82) is 0 Å². The van der Waals surface area contributed by atoms with Crippen LogP contribution in [0.3, 0.4) is 0 Å². The number of nitrogen functional groups attached to an aromatic ring is 1. The highest BCUT2D eigenvalue weighted by atomic mass is 19.1. The van der Waals surface area contributed by atoms with Crippen LogP contribution in [0.2, 0.25) is 0 Å². The van der Waals surface area contributed by atoms with E-state index in [1.165, 1.54) is 18.5 Å². The summed E-state index contributed by atoms with van der Waals surface area (Å²) >= 11 is 0. The van der Waals surface area contributed by atoms with Crippen molar-refractivity contribution < 1.29 is 9.02 Å². The number of nitrogens with zero attached hydrogens (tertiary/aromatic N) is 7. The van der Waals surface area contributed by atoms with Gasteiger partial charge in [0.05, 0.1) is 18.3 Å². The summed E-state index contributed by atoms with van der Waals surface area (Å²) in [5.74, 6) is 0.0777. The summed E-state index contributed by atoms with van der Waals surface area (Å²) in [5.41, 5.74) is 7.19. The molecule has 0 unspecified atom stereocenters. The Kier molecular flexibility index (Phi) is 3.32. The largest absolute Gasteiger partial charge is 0.379 e. The molecule has 0 aliphatic carbocycles. The lowest BCUT2D eigenvalue weighted by atomic mass is 10.3. The molecule has 122 valence electrons. The van der Waals surface area contributed by atoms with E-state index in [1.807, 2.05) is 0 Å². The maximum Gasteiger partial charge on any atom is 0.287 e. The summed E-state index contributed by atoms with van der Waals surface area (Å²) in [5, 5.41) is 7.29. The number of nitrogens with two attached hydrogens (primary N) is 1. The van der Waals surface area contributed by atoms with Crippen LogP contribution in [0.4, 0.5) is 16.0 Å². The molecule has 10 heteroatoms. The number of halogens is 1. The normalized spacial score (nSPS) is 10.9. The zero-order valence-electron chi connectivity index (χ0n) is 12.6. The zero-order valence-corrected chi connectivity index (χ0v) is 12.6. The molecule has 4 rings (SSSR count). The van der Waals surface area contributed by atoms with Crippen molar-refractivity contribution in [3.8, 4) is 11.5 Å². The number of hydrogen-bond donors (Lipinski definition) is 1. The lowest BCUT2D eigenvalue weighted by Crippen LogP contribution is -2.06. The highest BCUT2D eigenvalue weighted by Crippen LogP contribution is 2.28. The fourth-order valence-corrected chi connectivity index (χ4v) is 2.48. The molecule has 0 spiro atoms. The van der Waals surface area contributed by atoms with Gasteiger partial charge in [0.2, 0.25) is 0 Å². The van der Waals surface area contributed by atoms with Gasteiger partial charge in [0.25, 0.3) is 5.82 Å². The Hall–Kier alpha value is -3.87. The Balaban J connectivity index is 1.91. The van der Waals surface area contributed by atoms with Gasteiger partial charge in [-0.15, -0.1) is 4.98 Å². The third-order valence-electron chi connectivity index (χ3n) is 3.57. The zero-order chi connectivity index (χ0) is 17.4. The van der Waals surface area contributed by atoms with Crippen molar-refractivity contribution in [2.75, 3.05) is 5.73 Å². The van der Waals surface area contributed by atoms with Crippen molar-refractivity contribution in [2.45, 2.75) is 6.54 Å². The van der Waals surface area contributed by atoms with Crippen LogP contribution in [0.25, 0.3) is 27.4 Å². The van der Waals surface area contributed by atoms with E-state index in [4.69, 9.17) is 12.3 Å². The van der Waals surface area contributed by atoms with Crippen molar-refractivity contribution in [2.24, 2.45) is 0 Å². The minimum Gasteiger partial charge on any atom is -0.379 e. The Morgan fingerprint density at radius 3 is 2.80 bits per heavy atom. The topological polar surface area (TPSA) is 113 Å². The summed E-state index contributed by atoms with van der Waals surface area (Å²) in [6.07, 6.45) is 2.80. The van der Waals surface area contributed by atoms with Gasteiger partial charge in [0, 0.05) is 0 Å². The molecule has 0 bridgehead atoms. The number of anilines is 1. The van der Waals surface area contributed by atoms with E-state index < -0.39 is 5.82 Å². The average molecular weight is 336 g/mol. The number of benzene rings is 1. The summed E-state index contributed by atoms with van der Waals surface area (Å²) in [6.45, 7) is 7.07. The molecule has 0 radical (unpaired) electrons. The molecule has 0 aliphatic rings. The molecule has 3 aromatic heterocycles. The summed E-state index contributed by atoms with van der Waals surface area (Å²) < 4.78 is 20.6. The van der Waals surface area contributed by atoms with Crippen LogP contribution in [0.15, 0.2) is 35.2 Å². The van der Waals surface area contributed by atoms with Gasteiger partial charge in [-0.05, 0) is 22.4 Å². The molecule has 0 saturated heterocycles. The number of para-hydroxylation sites is 1. The molecule has 0 atom stereocenters. The summed E-state index contributed by atoms with van der Waals surface area (Å²) in [7, 11) is 0. The van der Waals surface area contributed by atoms with Gasteiger partial charge in [-0.25, -0.2) is 14.0 Å². The van der Waals surface area contributed by atoms with Gasteiger partial charge in [0.1, 0.15) is 23.2 Å². The number of hydrogen-bond acceptors (Lipinski definition) is 7. The van der Waals surface area contributed by atoms with Crippen molar-refractivity contribution in [1.82, 2.24) is 29.8 Å². The first-order valence-electron chi connectivity index (χ1n) is 7.09. The summed E-state index contributed by atoms with van der Waals surface area (Å²) in [6, 6.07) is 4.58. The van der Waals surface area contributed by atoms with Crippen molar-refractivity contribution in [3.05, 3.63) is 53.5 Å². The monoisotopic (exact) mass is 336 g/mol. The van der Waals surface area contributed by atoms with E-state index >= 15 is 0 Å². The summed E-state index contributed by atoms with van der Waals surface area (Å²) in [4.78, 5) is 15.7. The molecule has 25 heavy (non-hydrogen) atoms. The number of imidazole rings is 1. The lowest BCUT2D eigenvalue weighted by molar-refractivity contribution is 0.310. The van der Waals surface area contributed by atoms with E-state index in [9.17, 15) is 4.39 Å². The van der Waals surface area contributed by atoms with Crippen LogP contribution >= 0.6 is 0 Å². The van der Waals surface area contributed by atoms with Gasteiger partial charge >= 0.3 is 0 Å². The van der Waals surface area contributed by atoms with Gasteiger partial charge < -0.3 is 15.1 Å². The number of rotatable bonds is 3. The van der Waals surface area contributed by atoms with Gasteiger partial charge in [0.15, 0.2) is 17.3 Å². The van der Waals surface area contributed by atoms with Gasteiger partial charge in [-0.2, -0.15) is 0 Å². The Bertz CT molecular complexity index is 1110. The van der Waals surface area contributed by atoms with Crippen LogP contribution < -0.4 is 5.73 Å². The smallest absolute Gasteiger partial charge is 0.287 e. The van der Waals surface area contributed by atoms with Crippen molar-refractivity contribution in [3.63, 3.8) is 0 Å². The first-order valence-corrected chi connectivity index (χ1v) is 7.09. The molecule has 0 saturated carbocycles. The second-order valence-electron chi connectivity index (χ2n) is 5.10. The second kappa shape index (κ2) is 5.64. The van der Waals surface area contributed by atoms with E-state index in [-0.39, 0.29) is 29.4 Å². The highest BCUT2D eigenvalue weighted by Gasteiger charge is 2.21. The second-order valence-corrected chi connectivity index (χ2v) is 5.10. The minimum absolute atomic E-state index is 0.0476. The van der Waals surface area contributed by atoms with Crippen LogP contribution in [-0.4, -0.2) is 29.8 Å². The minimum atomic E-state index is -0.447. The van der Waals surface area contributed by atoms with Gasteiger partial charge in [-0.1, -0.05) is 12.6 Å². The van der Waals surface area contributed by atoms with E-state index in [2.05, 4.69) is 34.7 Å². The van der Waals surface area contributed by atoms with E-state index in [0.29, 0.717) is 17.0 Å². The van der Waals surface area contributed by atoms with E-state index in [0.717, 1.165) is 0 Å². The first-order chi connectivity index (χ1) is 12.2. The first kappa shape index (κ1) is 14.7. The Morgan fingerprint density at radius 1 is 1.24 bits per heavy atom. The van der Waals surface area contributed by atoms with Crippen LogP contribution in [0, 0.1) is 12.4 Å². The predicted molar refractivity (Wildman–Crippen MR) is 84.8 cm³/mol. The van der Waals surface area contributed by atoms with E-state index in [1.54, 1.807) is 16.7 Å². The molecular formula is C15H9FN8O. The maximum absolute atomic E-state index is 14.4. The molecule has 0 fully saturated rings. The molecule has 3 heterocycles. The molecule has 0 amide bonds. The van der Waals surface area contributed by atoms with Crippen molar-refractivity contribution >= 4 is 22.7 Å². The SMILES string of the molecule is [C-]#[N+]c1cnc(Cn2c(-c3nonc3N)nc3cccc(F)c32)cn1. The Labute approximate surface area is 139 Å². The highest BCUT2D eigenvalue weighted by molar-refractivity contribution is 5.82. The molecule has 2 N–H and O–H groups in total. The molecule has 0 aliphatic heterocycles. The van der Waals surface area contributed by atoms with Crippen LogP contribution in [-0.2, 0) is 6.54 Å². The van der Waals surface area contributed by atoms with Gasteiger partial charge in [-0.3, -0.25) is 4.98 Å². The fourth-order valence-electron chi connectivity index (χ4n) is 2.48. The third-order valence-corrected chi connectivity index (χ3v) is 3.57. The number of fused-ring (bicyclic) bond motifs is 1. The third kappa shape index (κ3) is 2.43. The quantitative estimate of drug-likeness (QED) is 0.570. The Morgan fingerprint density at radius 2 is 2.12 bits per heavy atom. The fraction of sp³-hybridized carbons (Fsp3) is 0.0667. The molecular weight excluding hydrogens is 327 g/mol. The van der Waals surface area contributed by atoms with Crippen LogP contribution in [0.1, 0.15) is 5.69 Å². The molecule has 9 nitrogen and oxygen atoms in total.